The van der Waals surface area contributed by atoms with Gasteiger partial charge in [-0.1, -0.05) is 19.1 Å². The number of halogens is 1. The molecule has 7 heteroatoms. The highest BCUT2D eigenvalue weighted by Crippen LogP contribution is 2.36. The third kappa shape index (κ3) is 5.45. The average Bonchev–Trinajstić information content (AvgIpc) is 2.70. The summed E-state index contributed by atoms with van der Waals surface area (Å²) in [4.78, 5) is 16.4. The van der Waals surface area contributed by atoms with E-state index in [0.717, 1.165) is 47.9 Å². The van der Waals surface area contributed by atoms with Crippen LogP contribution in [0, 0.1) is 5.82 Å². The molecular weight excluding hydrogens is 403 g/mol. The molecule has 1 N–H and O–H groups in total. The van der Waals surface area contributed by atoms with Gasteiger partial charge in [0.25, 0.3) is 0 Å². The van der Waals surface area contributed by atoms with Gasteiger partial charge in [-0.25, -0.2) is 9.18 Å². The molecule has 0 aliphatic carbocycles. The molecule has 164 valence electrons. The van der Waals surface area contributed by atoms with E-state index in [2.05, 4.69) is 9.80 Å². The third-order valence-electron chi connectivity index (χ3n) is 5.54. The molecule has 2 atom stereocenters. The number of carboxylic acids is 1. The van der Waals surface area contributed by atoms with Gasteiger partial charge in [0.05, 0.1) is 16.7 Å². The molecule has 1 aromatic rings. The molecule has 1 aromatic carbocycles. The van der Waals surface area contributed by atoms with E-state index in [0.29, 0.717) is 12.1 Å². The van der Waals surface area contributed by atoms with Crippen molar-refractivity contribution < 1.29 is 19.0 Å². The third-order valence-corrected chi connectivity index (χ3v) is 6.54. The number of carbonyl (C=O) groups is 1. The Labute approximate surface area is 182 Å². The SMILES string of the molecule is CCSC1=C(C(=O)O)C(C)=CC(N(C)CC2CCCCO2)N1Cc1cccc(F)c1. The smallest absolute Gasteiger partial charge is 0.338 e. The fourth-order valence-electron chi connectivity index (χ4n) is 4.12. The molecule has 0 bridgehead atoms. The van der Waals surface area contributed by atoms with Gasteiger partial charge >= 0.3 is 5.97 Å². The van der Waals surface area contributed by atoms with Gasteiger partial charge in [0.2, 0.25) is 0 Å². The number of ether oxygens (including phenoxy) is 1. The molecule has 0 radical (unpaired) electrons. The van der Waals surface area contributed by atoms with Crippen molar-refractivity contribution in [2.45, 2.75) is 51.9 Å². The minimum absolute atomic E-state index is 0.129. The number of benzene rings is 1. The van der Waals surface area contributed by atoms with Crippen LogP contribution in [0.5, 0.6) is 0 Å². The molecule has 0 aromatic heterocycles. The Morgan fingerprint density at radius 2 is 2.20 bits per heavy atom. The van der Waals surface area contributed by atoms with Crippen molar-refractivity contribution in [3.8, 4) is 0 Å². The summed E-state index contributed by atoms with van der Waals surface area (Å²) >= 11 is 1.52. The molecule has 30 heavy (non-hydrogen) atoms. The number of rotatable bonds is 8. The second kappa shape index (κ2) is 10.5. The standard InChI is InChI=1S/C23H31FN2O3S/c1-4-30-22-21(23(27)28)16(2)12-20(25(3)15-19-10-5-6-11-29-19)26(22)14-17-8-7-9-18(24)13-17/h7-9,12-13,19-20H,4-6,10-11,14-15H2,1-3H3,(H,27,28). The summed E-state index contributed by atoms with van der Waals surface area (Å²) in [6.45, 7) is 5.86. The van der Waals surface area contributed by atoms with Crippen LogP contribution in [0.25, 0.3) is 0 Å². The largest absolute Gasteiger partial charge is 0.478 e. The topological polar surface area (TPSA) is 53.0 Å². The molecule has 3 rings (SSSR count). The first kappa shape index (κ1) is 22.8. The molecule has 1 fully saturated rings. The first-order valence-electron chi connectivity index (χ1n) is 10.5. The number of hydrogen-bond acceptors (Lipinski definition) is 5. The van der Waals surface area contributed by atoms with Gasteiger partial charge in [0.1, 0.15) is 12.0 Å². The highest BCUT2D eigenvalue weighted by Gasteiger charge is 2.34. The molecule has 2 unspecified atom stereocenters. The van der Waals surface area contributed by atoms with Crippen LogP contribution in [-0.4, -0.2) is 59.1 Å². The van der Waals surface area contributed by atoms with Gasteiger partial charge in [-0.3, -0.25) is 4.90 Å². The maximum absolute atomic E-state index is 13.8. The van der Waals surface area contributed by atoms with Crippen LogP contribution < -0.4 is 0 Å². The predicted octanol–water partition coefficient (Wildman–Crippen LogP) is 4.46. The Morgan fingerprint density at radius 1 is 1.40 bits per heavy atom. The summed E-state index contributed by atoms with van der Waals surface area (Å²) in [6, 6.07) is 6.51. The van der Waals surface area contributed by atoms with Crippen LogP contribution in [-0.2, 0) is 16.1 Å². The van der Waals surface area contributed by atoms with E-state index in [1.165, 1.54) is 30.3 Å². The number of hydrogen-bond donors (Lipinski definition) is 1. The lowest BCUT2D eigenvalue weighted by Gasteiger charge is -2.43. The van der Waals surface area contributed by atoms with E-state index in [4.69, 9.17) is 4.74 Å². The van der Waals surface area contributed by atoms with Crippen molar-refractivity contribution in [3.05, 3.63) is 57.9 Å². The Kier molecular flexibility index (Phi) is 7.97. The maximum Gasteiger partial charge on any atom is 0.338 e. The minimum atomic E-state index is -0.930. The van der Waals surface area contributed by atoms with Gasteiger partial charge in [0, 0.05) is 19.7 Å². The molecule has 0 saturated carbocycles. The lowest BCUT2D eigenvalue weighted by Crippen LogP contribution is -2.49. The molecule has 2 aliphatic rings. The van der Waals surface area contributed by atoms with Gasteiger partial charge < -0.3 is 14.7 Å². The summed E-state index contributed by atoms with van der Waals surface area (Å²) in [5.74, 6) is -0.467. The van der Waals surface area contributed by atoms with E-state index in [-0.39, 0.29) is 18.1 Å². The van der Waals surface area contributed by atoms with E-state index in [9.17, 15) is 14.3 Å². The summed E-state index contributed by atoms with van der Waals surface area (Å²) in [6.07, 6.45) is 5.37. The Hall–Kier alpha value is -1.83. The van der Waals surface area contributed by atoms with Crippen LogP contribution >= 0.6 is 11.8 Å². The van der Waals surface area contributed by atoms with Crippen molar-refractivity contribution in [1.29, 1.82) is 0 Å². The van der Waals surface area contributed by atoms with E-state index in [1.54, 1.807) is 6.07 Å². The molecule has 0 amide bonds. The Morgan fingerprint density at radius 3 is 2.83 bits per heavy atom. The Balaban J connectivity index is 1.94. The Bertz CT molecular complexity index is 820. The molecule has 1 saturated heterocycles. The first-order chi connectivity index (χ1) is 14.4. The monoisotopic (exact) mass is 434 g/mol. The van der Waals surface area contributed by atoms with Gasteiger partial charge in [-0.15, -0.1) is 11.8 Å². The minimum Gasteiger partial charge on any atom is -0.478 e. The predicted molar refractivity (Wildman–Crippen MR) is 119 cm³/mol. The normalized spacial score (nSPS) is 22.4. The molecule has 2 heterocycles. The zero-order valence-corrected chi connectivity index (χ0v) is 18.8. The summed E-state index contributed by atoms with van der Waals surface area (Å²) < 4.78 is 19.8. The van der Waals surface area contributed by atoms with Crippen LogP contribution in [0.3, 0.4) is 0 Å². The van der Waals surface area contributed by atoms with Gasteiger partial charge in [-0.05, 0) is 68.3 Å². The fourth-order valence-corrected chi connectivity index (χ4v) is 5.13. The first-order valence-corrected chi connectivity index (χ1v) is 11.5. The van der Waals surface area contributed by atoms with Crippen molar-refractivity contribution in [3.63, 3.8) is 0 Å². The van der Waals surface area contributed by atoms with Crippen molar-refractivity contribution in [2.24, 2.45) is 0 Å². The van der Waals surface area contributed by atoms with Crippen molar-refractivity contribution >= 4 is 17.7 Å². The van der Waals surface area contributed by atoms with Crippen LogP contribution in [0.1, 0.15) is 38.7 Å². The highest BCUT2D eigenvalue weighted by atomic mass is 32.2. The van der Waals surface area contributed by atoms with Gasteiger partial charge in [0.15, 0.2) is 0 Å². The summed E-state index contributed by atoms with van der Waals surface area (Å²) in [5, 5.41) is 10.6. The van der Waals surface area contributed by atoms with E-state index < -0.39 is 5.97 Å². The average molecular weight is 435 g/mol. The van der Waals surface area contributed by atoms with E-state index >= 15 is 0 Å². The molecule has 2 aliphatic heterocycles. The molecule has 0 spiro atoms. The van der Waals surface area contributed by atoms with Crippen LogP contribution in [0.2, 0.25) is 0 Å². The quantitative estimate of drug-likeness (QED) is 0.652. The number of carboxylic acid groups (broad SMARTS) is 1. The maximum atomic E-state index is 13.8. The number of nitrogens with zero attached hydrogens (tertiary/aromatic N) is 2. The zero-order chi connectivity index (χ0) is 21.7. The lowest BCUT2D eigenvalue weighted by atomic mass is 10.0. The second-order valence-corrected chi connectivity index (χ2v) is 9.12. The molecular formula is C23H31FN2O3S. The van der Waals surface area contributed by atoms with Crippen LogP contribution in [0.4, 0.5) is 4.39 Å². The highest BCUT2D eigenvalue weighted by molar-refractivity contribution is 8.03. The number of likely N-dealkylation sites (N-methyl/N-ethyl adjacent to an activating group) is 1. The lowest BCUT2D eigenvalue weighted by molar-refractivity contribution is -0.132. The van der Waals surface area contributed by atoms with Crippen LogP contribution in [0.15, 0.2) is 46.5 Å². The zero-order valence-electron chi connectivity index (χ0n) is 17.9. The fraction of sp³-hybridized carbons (Fsp3) is 0.522. The van der Waals surface area contributed by atoms with E-state index in [1.807, 2.05) is 33.0 Å². The van der Waals surface area contributed by atoms with Crippen molar-refractivity contribution in [2.75, 3.05) is 26.0 Å². The molecule has 5 nitrogen and oxygen atoms in total. The summed E-state index contributed by atoms with van der Waals surface area (Å²) in [7, 11) is 2.05. The van der Waals surface area contributed by atoms with Gasteiger partial charge in [-0.2, -0.15) is 0 Å². The summed E-state index contributed by atoms with van der Waals surface area (Å²) in [5.41, 5.74) is 1.90. The van der Waals surface area contributed by atoms with Crippen molar-refractivity contribution in [1.82, 2.24) is 9.80 Å². The number of aliphatic carboxylic acids is 1. The second-order valence-electron chi connectivity index (χ2n) is 7.87. The number of thioether (sulfide) groups is 1.